The predicted molar refractivity (Wildman–Crippen MR) is 130 cm³/mol. The Hall–Kier alpha value is -4.21. The summed E-state index contributed by atoms with van der Waals surface area (Å²) in [6, 6.07) is 28.6. The molecule has 0 radical (unpaired) electrons. The van der Waals surface area contributed by atoms with E-state index in [9.17, 15) is 4.79 Å². The van der Waals surface area contributed by atoms with Crippen LogP contribution in [0.15, 0.2) is 84.9 Å². The predicted octanol–water partition coefficient (Wildman–Crippen LogP) is 6.54. The number of hydrogen-bond donors (Lipinski definition) is 0. The summed E-state index contributed by atoms with van der Waals surface area (Å²) >= 11 is 1.38. The Morgan fingerprint density at radius 3 is 2.36 bits per heavy atom. The number of fused-ring (bicyclic) bond motifs is 1. The quantitative estimate of drug-likeness (QED) is 0.226. The molecule has 2 aromatic heterocycles. The van der Waals surface area contributed by atoms with E-state index in [2.05, 4.69) is 23.6 Å². The second-order valence-corrected chi connectivity index (χ2v) is 8.52. The van der Waals surface area contributed by atoms with Crippen molar-refractivity contribution in [2.75, 3.05) is 0 Å². The number of nitriles is 1. The lowest BCUT2D eigenvalue weighted by molar-refractivity contribution is 0.0740. The summed E-state index contributed by atoms with van der Waals surface area (Å²) in [6.45, 7) is 2.88. The zero-order valence-electron chi connectivity index (χ0n) is 17.9. The maximum absolute atomic E-state index is 12.7. The fraction of sp³-hybridized carbons (Fsp3) is 0.0741. The molecule has 33 heavy (non-hydrogen) atoms. The van der Waals surface area contributed by atoms with Gasteiger partial charge in [-0.15, -0.1) is 11.3 Å². The first-order chi connectivity index (χ1) is 16.2. The lowest BCUT2D eigenvalue weighted by Gasteiger charge is -2.06. The van der Waals surface area contributed by atoms with Crippen molar-refractivity contribution in [3.05, 3.63) is 95.4 Å². The minimum Gasteiger partial charge on any atom is -0.422 e. The van der Waals surface area contributed by atoms with Crippen LogP contribution in [0.3, 0.4) is 0 Å². The summed E-state index contributed by atoms with van der Waals surface area (Å²) in [5.41, 5.74) is 4.61. The van der Waals surface area contributed by atoms with E-state index in [-0.39, 0.29) is 0 Å². The summed E-state index contributed by atoms with van der Waals surface area (Å²) in [6.07, 6.45) is 0. The fourth-order valence-corrected chi connectivity index (χ4v) is 4.64. The van der Waals surface area contributed by atoms with Crippen LogP contribution < -0.4 is 4.74 Å². The van der Waals surface area contributed by atoms with Gasteiger partial charge in [-0.05, 0) is 66.6 Å². The van der Waals surface area contributed by atoms with Gasteiger partial charge in [0.05, 0.1) is 27.5 Å². The molecule has 3 aromatic carbocycles. The summed E-state index contributed by atoms with van der Waals surface area (Å²) in [7, 11) is 0. The molecule has 5 nitrogen and oxygen atoms in total. The van der Waals surface area contributed by atoms with Crippen LogP contribution >= 0.6 is 11.3 Å². The molecule has 0 atom stereocenters. The number of carbonyl (C=O) groups is 1. The standard InChI is InChI=1S/C27H19N3O2S/c1-2-30-23-6-4-3-5-22(23)29-26(30)24-15-16-25(33-24)27(31)32-21-13-11-20(12-14-21)19-9-7-18(17-28)8-10-19/h3-16H,2H2,1H3. The summed E-state index contributed by atoms with van der Waals surface area (Å²) in [4.78, 5) is 19.0. The summed E-state index contributed by atoms with van der Waals surface area (Å²) < 4.78 is 7.74. The first-order valence-corrected chi connectivity index (χ1v) is 11.4. The minimum absolute atomic E-state index is 0.392. The number of para-hydroxylation sites is 2. The third-order valence-electron chi connectivity index (χ3n) is 5.41. The van der Waals surface area contributed by atoms with Crippen molar-refractivity contribution < 1.29 is 9.53 Å². The molecular formula is C27H19N3O2S. The third-order valence-corrected chi connectivity index (χ3v) is 6.47. The van der Waals surface area contributed by atoms with E-state index in [1.54, 1.807) is 30.3 Å². The van der Waals surface area contributed by atoms with Gasteiger partial charge in [-0.3, -0.25) is 0 Å². The molecule has 160 valence electrons. The van der Waals surface area contributed by atoms with Crippen LogP contribution in [-0.2, 0) is 6.54 Å². The van der Waals surface area contributed by atoms with Gasteiger partial charge in [-0.2, -0.15) is 5.26 Å². The largest absolute Gasteiger partial charge is 0.422 e. The van der Waals surface area contributed by atoms with Crippen LogP contribution in [0.4, 0.5) is 0 Å². The van der Waals surface area contributed by atoms with E-state index in [1.165, 1.54) is 11.3 Å². The Morgan fingerprint density at radius 2 is 1.67 bits per heavy atom. The number of carbonyl (C=O) groups excluding carboxylic acids is 1. The lowest BCUT2D eigenvalue weighted by Crippen LogP contribution is -2.06. The van der Waals surface area contributed by atoms with E-state index >= 15 is 0 Å². The molecule has 0 aliphatic carbocycles. The molecule has 0 amide bonds. The van der Waals surface area contributed by atoms with E-state index in [1.807, 2.05) is 48.5 Å². The minimum atomic E-state index is -0.392. The van der Waals surface area contributed by atoms with Gasteiger partial charge in [0.15, 0.2) is 5.82 Å². The van der Waals surface area contributed by atoms with E-state index < -0.39 is 5.97 Å². The van der Waals surface area contributed by atoms with Gasteiger partial charge in [-0.25, -0.2) is 9.78 Å². The first kappa shape index (κ1) is 20.7. The van der Waals surface area contributed by atoms with Crippen molar-refractivity contribution in [1.29, 1.82) is 5.26 Å². The zero-order valence-corrected chi connectivity index (χ0v) is 18.7. The number of imidazole rings is 1. The molecule has 0 spiro atoms. The third kappa shape index (κ3) is 4.02. The first-order valence-electron chi connectivity index (χ1n) is 10.5. The Labute approximate surface area is 195 Å². The molecule has 6 heteroatoms. The van der Waals surface area contributed by atoms with Gasteiger partial charge in [0.1, 0.15) is 10.6 Å². The second-order valence-electron chi connectivity index (χ2n) is 7.44. The second kappa shape index (κ2) is 8.73. The maximum atomic E-state index is 12.7. The normalized spacial score (nSPS) is 10.8. The maximum Gasteiger partial charge on any atom is 0.353 e. The Kier molecular flexibility index (Phi) is 5.47. The zero-order chi connectivity index (χ0) is 22.8. The van der Waals surface area contributed by atoms with Crippen molar-refractivity contribution in [3.63, 3.8) is 0 Å². The van der Waals surface area contributed by atoms with Crippen LogP contribution in [-0.4, -0.2) is 15.5 Å². The number of hydrogen-bond acceptors (Lipinski definition) is 5. The smallest absolute Gasteiger partial charge is 0.353 e. The Bertz CT molecular complexity index is 1490. The Balaban J connectivity index is 1.34. The molecule has 0 saturated heterocycles. The van der Waals surface area contributed by atoms with E-state index in [4.69, 9.17) is 15.0 Å². The van der Waals surface area contributed by atoms with Crippen LogP contribution in [0.25, 0.3) is 32.9 Å². The molecule has 0 saturated carbocycles. The number of esters is 1. The highest BCUT2D eigenvalue weighted by Gasteiger charge is 2.17. The number of aryl methyl sites for hydroxylation is 1. The molecule has 5 aromatic rings. The summed E-state index contributed by atoms with van der Waals surface area (Å²) in [5.74, 6) is 0.944. The van der Waals surface area contributed by atoms with Crippen molar-refractivity contribution in [2.24, 2.45) is 0 Å². The number of rotatable bonds is 5. The molecule has 0 fully saturated rings. The molecule has 0 N–H and O–H groups in total. The van der Waals surface area contributed by atoms with Crippen molar-refractivity contribution in [2.45, 2.75) is 13.5 Å². The van der Waals surface area contributed by atoms with Crippen LogP contribution in [0, 0.1) is 11.3 Å². The van der Waals surface area contributed by atoms with Crippen LogP contribution in [0.5, 0.6) is 5.75 Å². The molecular weight excluding hydrogens is 430 g/mol. The van der Waals surface area contributed by atoms with E-state index in [0.717, 1.165) is 39.4 Å². The molecule has 0 bridgehead atoms. The van der Waals surface area contributed by atoms with Crippen LogP contribution in [0.1, 0.15) is 22.2 Å². The number of benzene rings is 3. The van der Waals surface area contributed by atoms with Crippen molar-refractivity contribution in [1.82, 2.24) is 9.55 Å². The lowest BCUT2D eigenvalue weighted by atomic mass is 10.0. The highest BCUT2D eigenvalue weighted by atomic mass is 32.1. The SMILES string of the molecule is CCn1c(-c2ccc(C(=O)Oc3ccc(-c4ccc(C#N)cc4)cc3)s2)nc2ccccc21. The van der Waals surface area contributed by atoms with Crippen molar-refractivity contribution in [3.8, 4) is 33.6 Å². The molecule has 5 rings (SSSR count). The van der Waals surface area contributed by atoms with Gasteiger partial charge >= 0.3 is 5.97 Å². The average molecular weight is 450 g/mol. The van der Waals surface area contributed by atoms with Gasteiger partial charge < -0.3 is 9.30 Å². The molecule has 0 unspecified atom stereocenters. The highest BCUT2D eigenvalue weighted by molar-refractivity contribution is 7.17. The van der Waals surface area contributed by atoms with E-state index in [0.29, 0.717) is 16.2 Å². The monoisotopic (exact) mass is 449 g/mol. The molecule has 0 aliphatic rings. The number of thiophene rings is 1. The fourth-order valence-electron chi connectivity index (χ4n) is 3.76. The summed E-state index contributed by atoms with van der Waals surface area (Å²) in [5, 5.41) is 8.94. The number of aromatic nitrogens is 2. The van der Waals surface area contributed by atoms with Gasteiger partial charge in [0.2, 0.25) is 0 Å². The number of ether oxygens (including phenoxy) is 1. The molecule has 2 heterocycles. The molecule has 0 aliphatic heterocycles. The van der Waals surface area contributed by atoms with Gasteiger partial charge in [0.25, 0.3) is 0 Å². The van der Waals surface area contributed by atoms with Crippen molar-refractivity contribution >= 4 is 28.3 Å². The Morgan fingerprint density at radius 1 is 0.970 bits per heavy atom. The topological polar surface area (TPSA) is 67.9 Å². The van der Waals surface area contributed by atoms with Gasteiger partial charge in [-0.1, -0.05) is 36.4 Å². The highest BCUT2D eigenvalue weighted by Crippen LogP contribution is 2.31. The average Bonchev–Trinajstić information content (AvgIpc) is 3.49. The number of nitrogens with zero attached hydrogens (tertiary/aromatic N) is 3. The van der Waals surface area contributed by atoms with Gasteiger partial charge in [0, 0.05) is 6.54 Å². The van der Waals surface area contributed by atoms with Crippen LogP contribution in [0.2, 0.25) is 0 Å².